The van der Waals surface area contributed by atoms with Crippen LogP contribution >= 0.6 is 0 Å². The molecule has 26 heavy (non-hydrogen) atoms. The van der Waals surface area contributed by atoms with Gasteiger partial charge in [0, 0.05) is 17.6 Å². The molecular weight excluding hydrogens is 345 g/mol. The molecule has 3 N–H and O–H groups in total. The predicted molar refractivity (Wildman–Crippen MR) is 91.6 cm³/mol. The summed E-state index contributed by atoms with van der Waals surface area (Å²) in [7, 11) is 0. The van der Waals surface area contributed by atoms with Crippen LogP contribution in [-0.4, -0.2) is 39.3 Å². The number of pyridine rings is 2. The number of halogens is 3. The van der Waals surface area contributed by atoms with Crippen molar-refractivity contribution in [3.8, 4) is 11.4 Å². The Balaban J connectivity index is 1.78. The zero-order valence-corrected chi connectivity index (χ0v) is 13.8. The van der Waals surface area contributed by atoms with Crippen molar-refractivity contribution >= 4 is 16.9 Å². The number of aromatic nitrogens is 4. The second kappa shape index (κ2) is 6.56. The molecule has 3 aromatic heterocycles. The van der Waals surface area contributed by atoms with E-state index in [1.54, 1.807) is 18.3 Å². The first-order chi connectivity index (χ1) is 12.5. The third-order valence-electron chi connectivity index (χ3n) is 4.45. The zero-order chi connectivity index (χ0) is 18.1. The van der Waals surface area contributed by atoms with Gasteiger partial charge in [-0.05, 0) is 50.2 Å². The quantitative estimate of drug-likeness (QED) is 0.667. The number of hydrogen-bond donors (Lipinski definition) is 3. The molecule has 0 bridgehead atoms. The van der Waals surface area contributed by atoms with Gasteiger partial charge in [-0.2, -0.15) is 18.3 Å². The Morgan fingerprint density at radius 1 is 1.08 bits per heavy atom. The van der Waals surface area contributed by atoms with E-state index in [-0.39, 0.29) is 17.4 Å². The van der Waals surface area contributed by atoms with Crippen LogP contribution in [0.1, 0.15) is 18.4 Å². The largest absolute Gasteiger partial charge is 0.418 e. The lowest BCUT2D eigenvalue weighted by Gasteiger charge is -2.24. The molecule has 0 aromatic carbocycles. The van der Waals surface area contributed by atoms with E-state index < -0.39 is 11.7 Å². The number of nitrogens with zero attached hydrogens (tertiary/aromatic N) is 3. The van der Waals surface area contributed by atoms with Gasteiger partial charge >= 0.3 is 6.18 Å². The Hall–Kier alpha value is -2.68. The van der Waals surface area contributed by atoms with Crippen LogP contribution in [0.3, 0.4) is 0 Å². The molecule has 9 heteroatoms. The van der Waals surface area contributed by atoms with Crippen molar-refractivity contribution in [2.75, 3.05) is 18.4 Å². The fourth-order valence-electron chi connectivity index (χ4n) is 3.16. The van der Waals surface area contributed by atoms with Crippen molar-refractivity contribution in [3.05, 3.63) is 36.0 Å². The molecule has 4 rings (SSSR count). The molecule has 0 unspecified atom stereocenters. The Kier molecular flexibility index (Phi) is 4.23. The molecule has 1 aliphatic heterocycles. The van der Waals surface area contributed by atoms with E-state index in [1.165, 1.54) is 6.07 Å². The van der Waals surface area contributed by atoms with Gasteiger partial charge in [-0.3, -0.25) is 5.10 Å². The Labute approximate surface area is 147 Å². The molecule has 0 saturated carbocycles. The number of hydrogen-bond acceptors (Lipinski definition) is 5. The first kappa shape index (κ1) is 16.8. The summed E-state index contributed by atoms with van der Waals surface area (Å²) >= 11 is 0. The number of aromatic amines is 1. The van der Waals surface area contributed by atoms with Gasteiger partial charge in [-0.1, -0.05) is 0 Å². The van der Waals surface area contributed by atoms with E-state index in [2.05, 4.69) is 30.8 Å². The molecule has 1 aliphatic rings. The highest BCUT2D eigenvalue weighted by Crippen LogP contribution is 2.38. The van der Waals surface area contributed by atoms with Gasteiger partial charge in [-0.25, -0.2) is 9.97 Å². The number of nitrogens with one attached hydrogen (secondary N) is 3. The number of alkyl halides is 3. The molecule has 0 amide bonds. The van der Waals surface area contributed by atoms with Crippen molar-refractivity contribution in [2.24, 2.45) is 0 Å². The maximum atomic E-state index is 13.5. The molecule has 1 fully saturated rings. The third kappa shape index (κ3) is 3.22. The van der Waals surface area contributed by atoms with Gasteiger partial charge in [-0.15, -0.1) is 0 Å². The second-order valence-electron chi connectivity index (χ2n) is 6.23. The summed E-state index contributed by atoms with van der Waals surface area (Å²) in [4.78, 5) is 8.35. The number of anilines is 1. The Bertz CT molecular complexity index is 914. The van der Waals surface area contributed by atoms with E-state index >= 15 is 0 Å². The molecule has 3 aromatic rings. The average Bonchev–Trinajstić information content (AvgIpc) is 3.05. The molecule has 1 saturated heterocycles. The second-order valence-corrected chi connectivity index (χ2v) is 6.23. The normalized spacial score (nSPS) is 16.1. The van der Waals surface area contributed by atoms with Crippen molar-refractivity contribution in [1.82, 2.24) is 25.5 Å². The summed E-state index contributed by atoms with van der Waals surface area (Å²) in [5.41, 5.74) is -0.440. The van der Waals surface area contributed by atoms with Gasteiger partial charge in [0.1, 0.15) is 17.2 Å². The standard InChI is InChI=1S/C17H17F3N6/c18-17(19,20)12-3-4-13(23-10-5-8-21-9-6-10)24-15(12)14-11-2-1-7-22-16(11)26-25-14/h1-4,7,10,21H,5-6,8-9H2,(H,23,24)(H,22,25,26). The van der Waals surface area contributed by atoms with Crippen LogP contribution in [0.2, 0.25) is 0 Å². The molecule has 4 heterocycles. The van der Waals surface area contributed by atoms with E-state index in [0.717, 1.165) is 32.0 Å². The van der Waals surface area contributed by atoms with E-state index in [1.807, 2.05) is 0 Å². The van der Waals surface area contributed by atoms with Crippen molar-refractivity contribution in [3.63, 3.8) is 0 Å². The minimum atomic E-state index is -4.52. The van der Waals surface area contributed by atoms with Crippen molar-refractivity contribution < 1.29 is 13.2 Å². The zero-order valence-electron chi connectivity index (χ0n) is 13.8. The topological polar surface area (TPSA) is 78.5 Å². The van der Waals surface area contributed by atoms with Crippen molar-refractivity contribution in [1.29, 1.82) is 0 Å². The molecule has 6 nitrogen and oxygen atoms in total. The lowest BCUT2D eigenvalue weighted by molar-refractivity contribution is -0.137. The van der Waals surface area contributed by atoms with Crippen LogP contribution in [0.5, 0.6) is 0 Å². The highest BCUT2D eigenvalue weighted by Gasteiger charge is 2.36. The van der Waals surface area contributed by atoms with Gasteiger partial charge in [0.2, 0.25) is 0 Å². The lowest BCUT2D eigenvalue weighted by Crippen LogP contribution is -2.35. The fraction of sp³-hybridized carbons (Fsp3) is 0.353. The monoisotopic (exact) mass is 362 g/mol. The SMILES string of the molecule is FC(F)(F)c1ccc(NC2CCNCC2)nc1-c1n[nH]c2ncccc12. The molecular formula is C17H17F3N6. The summed E-state index contributed by atoms with van der Waals surface area (Å²) < 4.78 is 40.5. The van der Waals surface area contributed by atoms with Crippen LogP contribution in [0.4, 0.5) is 19.0 Å². The molecule has 0 radical (unpaired) electrons. The van der Waals surface area contributed by atoms with Crippen LogP contribution in [0, 0.1) is 0 Å². The van der Waals surface area contributed by atoms with Crippen LogP contribution in [-0.2, 0) is 6.18 Å². The van der Waals surface area contributed by atoms with Crippen LogP contribution in [0.25, 0.3) is 22.4 Å². The Morgan fingerprint density at radius 3 is 2.65 bits per heavy atom. The van der Waals surface area contributed by atoms with Gasteiger partial charge in [0.15, 0.2) is 5.65 Å². The van der Waals surface area contributed by atoms with Gasteiger partial charge in [0.25, 0.3) is 0 Å². The van der Waals surface area contributed by atoms with Crippen molar-refractivity contribution in [2.45, 2.75) is 25.1 Å². The van der Waals surface area contributed by atoms with Gasteiger partial charge in [0.05, 0.1) is 5.56 Å². The Morgan fingerprint density at radius 2 is 1.88 bits per heavy atom. The van der Waals surface area contributed by atoms with Crippen LogP contribution in [0.15, 0.2) is 30.5 Å². The fourth-order valence-corrected chi connectivity index (χ4v) is 3.16. The highest BCUT2D eigenvalue weighted by molar-refractivity contribution is 5.90. The minimum absolute atomic E-state index is 0.148. The number of piperidine rings is 1. The van der Waals surface area contributed by atoms with E-state index in [0.29, 0.717) is 16.9 Å². The molecule has 136 valence electrons. The lowest BCUT2D eigenvalue weighted by atomic mass is 10.1. The highest BCUT2D eigenvalue weighted by atomic mass is 19.4. The number of rotatable bonds is 3. The maximum Gasteiger partial charge on any atom is 0.418 e. The summed E-state index contributed by atoms with van der Waals surface area (Å²) in [6.07, 6.45) is -1.18. The van der Waals surface area contributed by atoms with Gasteiger partial charge < -0.3 is 10.6 Å². The number of fused-ring (bicyclic) bond motifs is 1. The van der Waals surface area contributed by atoms with E-state index in [4.69, 9.17) is 0 Å². The summed E-state index contributed by atoms with van der Waals surface area (Å²) in [6.45, 7) is 1.75. The summed E-state index contributed by atoms with van der Waals surface area (Å²) in [6, 6.07) is 5.96. The maximum absolute atomic E-state index is 13.5. The first-order valence-corrected chi connectivity index (χ1v) is 8.37. The number of H-pyrrole nitrogens is 1. The minimum Gasteiger partial charge on any atom is -0.367 e. The third-order valence-corrected chi connectivity index (χ3v) is 4.45. The van der Waals surface area contributed by atoms with E-state index in [9.17, 15) is 13.2 Å². The summed E-state index contributed by atoms with van der Waals surface area (Å²) in [5, 5.41) is 13.7. The summed E-state index contributed by atoms with van der Waals surface area (Å²) in [5.74, 6) is 0.417. The molecule has 0 atom stereocenters. The smallest absolute Gasteiger partial charge is 0.367 e. The molecule has 0 aliphatic carbocycles. The molecule has 0 spiro atoms. The first-order valence-electron chi connectivity index (χ1n) is 8.37. The van der Waals surface area contributed by atoms with Crippen LogP contribution < -0.4 is 10.6 Å². The predicted octanol–water partition coefficient (Wildman–Crippen LogP) is 3.20. The average molecular weight is 362 g/mol.